The molecule has 2 heterocycles. The Morgan fingerprint density at radius 3 is 2.89 bits per heavy atom. The third-order valence-electron chi connectivity index (χ3n) is 5.57. The van der Waals surface area contributed by atoms with Crippen LogP contribution < -0.4 is 9.64 Å². The lowest BCUT2D eigenvalue weighted by Crippen LogP contribution is -2.31. The number of pyridine rings is 1. The van der Waals surface area contributed by atoms with Gasteiger partial charge in [-0.3, -0.25) is 0 Å². The highest BCUT2D eigenvalue weighted by atomic mass is 79.9. The summed E-state index contributed by atoms with van der Waals surface area (Å²) < 4.78 is 6.08. The van der Waals surface area contributed by atoms with Gasteiger partial charge in [0.05, 0.1) is 22.7 Å². The van der Waals surface area contributed by atoms with Gasteiger partial charge in [-0.05, 0) is 52.9 Å². The zero-order valence-corrected chi connectivity index (χ0v) is 17.3. The summed E-state index contributed by atoms with van der Waals surface area (Å²) in [5.41, 5.74) is 3.45. The number of ether oxygens (including phenoxy) is 1. The molecule has 0 bridgehead atoms. The summed E-state index contributed by atoms with van der Waals surface area (Å²) in [6.07, 6.45) is 6.27. The Labute approximate surface area is 172 Å². The molecule has 1 aliphatic carbocycles. The molecule has 1 unspecified atom stereocenters. The summed E-state index contributed by atoms with van der Waals surface area (Å²) in [4.78, 5) is 7.02. The van der Waals surface area contributed by atoms with Crippen molar-refractivity contribution in [1.29, 1.82) is 5.26 Å². The normalized spacial score (nSPS) is 22.3. The number of fused-ring (bicyclic) bond motifs is 2. The van der Waals surface area contributed by atoms with E-state index < -0.39 is 0 Å². The largest absolute Gasteiger partial charge is 0.497 e. The Morgan fingerprint density at radius 2 is 2.19 bits per heavy atom. The van der Waals surface area contributed by atoms with Gasteiger partial charge in [0.2, 0.25) is 0 Å². The molecule has 138 valence electrons. The van der Waals surface area contributed by atoms with Crippen LogP contribution in [0.1, 0.15) is 30.4 Å². The van der Waals surface area contributed by atoms with Gasteiger partial charge >= 0.3 is 0 Å². The van der Waals surface area contributed by atoms with E-state index in [4.69, 9.17) is 26.6 Å². The van der Waals surface area contributed by atoms with Crippen molar-refractivity contribution in [3.05, 3.63) is 62.7 Å². The maximum Gasteiger partial charge on any atom is 0.134 e. The van der Waals surface area contributed by atoms with E-state index in [0.717, 1.165) is 59.0 Å². The number of rotatable bonds is 3. The van der Waals surface area contributed by atoms with Crippen LogP contribution in [-0.4, -0.2) is 18.6 Å². The minimum atomic E-state index is -0.0711. The van der Waals surface area contributed by atoms with Gasteiger partial charge in [-0.25, -0.2) is 4.98 Å². The summed E-state index contributed by atoms with van der Waals surface area (Å²) in [6.45, 7) is 1.63. The zero-order chi connectivity index (χ0) is 19.0. The molecule has 1 aliphatic heterocycles. The van der Waals surface area contributed by atoms with Crippen LogP contribution >= 0.6 is 27.5 Å². The molecule has 0 amide bonds. The fourth-order valence-electron chi connectivity index (χ4n) is 4.34. The minimum absolute atomic E-state index is 0.0711. The third kappa shape index (κ3) is 3.22. The van der Waals surface area contributed by atoms with Crippen molar-refractivity contribution in [3.63, 3.8) is 0 Å². The number of aromatic nitrogens is 1. The molecule has 4 rings (SSSR count). The number of halogens is 2. The second kappa shape index (κ2) is 7.18. The second-order valence-electron chi connectivity index (χ2n) is 7.21. The number of hydrogen-bond acceptors (Lipinski definition) is 4. The summed E-state index contributed by atoms with van der Waals surface area (Å²) in [6, 6.07) is 10.3. The molecule has 1 aromatic carbocycles. The van der Waals surface area contributed by atoms with Crippen molar-refractivity contribution in [3.8, 4) is 11.8 Å². The summed E-state index contributed by atoms with van der Waals surface area (Å²) in [7, 11) is 1.67. The molecule has 4 nitrogen and oxygen atoms in total. The Balaban J connectivity index is 1.71. The van der Waals surface area contributed by atoms with E-state index in [2.05, 4.69) is 39.0 Å². The molecule has 1 atom stereocenters. The van der Waals surface area contributed by atoms with E-state index in [-0.39, 0.29) is 5.41 Å². The minimum Gasteiger partial charge on any atom is -0.497 e. The topological polar surface area (TPSA) is 49.1 Å². The second-order valence-corrected chi connectivity index (χ2v) is 8.44. The maximum absolute atomic E-state index is 9.05. The lowest BCUT2D eigenvalue weighted by molar-refractivity contribution is 0.414. The summed E-state index contributed by atoms with van der Waals surface area (Å²) in [5.74, 6) is 1.81. The molecule has 0 radical (unpaired) electrons. The monoisotopic (exact) mass is 443 g/mol. The van der Waals surface area contributed by atoms with Gasteiger partial charge in [-0.2, -0.15) is 5.26 Å². The Kier molecular flexibility index (Phi) is 4.88. The fourth-order valence-corrected chi connectivity index (χ4v) is 4.98. The predicted octanol–water partition coefficient (Wildman–Crippen LogP) is 5.40. The van der Waals surface area contributed by atoms with E-state index in [1.165, 1.54) is 11.1 Å². The van der Waals surface area contributed by atoms with Gasteiger partial charge in [0, 0.05) is 36.3 Å². The van der Waals surface area contributed by atoms with Gasteiger partial charge in [0.15, 0.2) is 0 Å². The first-order chi connectivity index (χ1) is 13.1. The number of nitriles is 1. The van der Waals surface area contributed by atoms with Crippen LogP contribution in [-0.2, 0) is 12.0 Å². The lowest BCUT2D eigenvalue weighted by atomic mass is 9.81. The van der Waals surface area contributed by atoms with Crippen molar-refractivity contribution in [2.24, 2.45) is 0 Å². The molecule has 2 aromatic rings. The number of nitrogens with zero attached hydrogens (tertiary/aromatic N) is 3. The fraction of sp³-hybridized carbons (Fsp3) is 0.333. The van der Waals surface area contributed by atoms with Crippen LogP contribution in [0, 0.1) is 11.3 Å². The molecule has 1 spiro atoms. The number of anilines is 1. The van der Waals surface area contributed by atoms with E-state index in [1.807, 2.05) is 12.1 Å². The highest BCUT2D eigenvalue weighted by molar-refractivity contribution is 9.10. The van der Waals surface area contributed by atoms with Crippen molar-refractivity contribution < 1.29 is 4.74 Å². The quantitative estimate of drug-likeness (QED) is 0.595. The molecule has 27 heavy (non-hydrogen) atoms. The van der Waals surface area contributed by atoms with E-state index >= 15 is 0 Å². The highest BCUT2D eigenvalue weighted by Gasteiger charge is 2.48. The van der Waals surface area contributed by atoms with Gasteiger partial charge in [0.25, 0.3) is 0 Å². The molecule has 2 aliphatic rings. The molecule has 1 fully saturated rings. The molecule has 0 saturated heterocycles. The average Bonchev–Trinajstić information content (AvgIpc) is 3.21. The van der Waals surface area contributed by atoms with Crippen molar-refractivity contribution in [2.75, 3.05) is 18.6 Å². The first kappa shape index (κ1) is 18.3. The van der Waals surface area contributed by atoms with E-state index in [9.17, 15) is 0 Å². The van der Waals surface area contributed by atoms with Gasteiger partial charge in [0.1, 0.15) is 11.6 Å². The molecule has 1 aromatic heterocycles. The Hall–Kier alpha value is -2.03. The predicted molar refractivity (Wildman–Crippen MR) is 110 cm³/mol. The third-order valence-corrected chi connectivity index (χ3v) is 6.79. The first-order valence-electron chi connectivity index (χ1n) is 8.86. The summed E-state index contributed by atoms with van der Waals surface area (Å²) >= 11 is 10.3. The first-order valence-corrected chi connectivity index (χ1v) is 10.0. The molecule has 1 saturated carbocycles. The lowest BCUT2D eigenvalue weighted by Gasteiger charge is -2.25. The van der Waals surface area contributed by atoms with Crippen LogP contribution in [0.3, 0.4) is 0 Å². The van der Waals surface area contributed by atoms with Crippen LogP contribution in [0.5, 0.6) is 5.75 Å². The standard InChI is InChI=1S/C21H19BrClN3O/c1-27-16-4-2-15(3-5-16)12-26-13-21(8-6-14(10-21)7-9-24)18-19(23)17(22)11-25-20(18)26/h2-5,7,11H,6,8,10,12-13H2,1H3. The van der Waals surface area contributed by atoms with Crippen molar-refractivity contribution in [1.82, 2.24) is 4.98 Å². The van der Waals surface area contributed by atoms with E-state index in [1.54, 1.807) is 19.4 Å². The zero-order valence-electron chi connectivity index (χ0n) is 15.0. The number of benzene rings is 1. The van der Waals surface area contributed by atoms with Crippen LogP contribution in [0.15, 0.2) is 46.6 Å². The van der Waals surface area contributed by atoms with Crippen molar-refractivity contribution >= 4 is 33.3 Å². The van der Waals surface area contributed by atoms with Crippen molar-refractivity contribution in [2.45, 2.75) is 31.2 Å². The molecule has 6 heteroatoms. The average molecular weight is 445 g/mol. The van der Waals surface area contributed by atoms with Gasteiger partial charge in [-0.15, -0.1) is 0 Å². The van der Waals surface area contributed by atoms with E-state index in [0.29, 0.717) is 0 Å². The molecular weight excluding hydrogens is 426 g/mol. The smallest absolute Gasteiger partial charge is 0.134 e. The number of allylic oxidation sites excluding steroid dienone is 2. The highest BCUT2D eigenvalue weighted by Crippen LogP contribution is 2.55. The SMILES string of the molecule is COc1ccc(CN2CC3(CCC(=CC#N)C3)c3c2ncc(Br)c3Cl)cc1. The van der Waals surface area contributed by atoms with Crippen LogP contribution in [0.4, 0.5) is 5.82 Å². The Morgan fingerprint density at radius 1 is 1.41 bits per heavy atom. The number of hydrogen-bond donors (Lipinski definition) is 0. The van der Waals surface area contributed by atoms with Gasteiger partial charge < -0.3 is 9.64 Å². The summed E-state index contributed by atoms with van der Waals surface area (Å²) in [5, 5.41) is 9.79. The number of methoxy groups -OCH3 is 1. The molecular formula is C21H19BrClN3O. The van der Waals surface area contributed by atoms with Crippen LogP contribution in [0.2, 0.25) is 5.02 Å². The molecule has 0 N–H and O–H groups in total. The maximum atomic E-state index is 9.05. The Bertz CT molecular complexity index is 951. The van der Waals surface area contributed by atoms with Gasteiger partial charge in [-0.1, -0.05) is 29.3 Å². The van der Waals surface area contributed by atoms with Crippen LogP contribution in [0.25, 0.3) is 0 Å².